The lowest BCUT2D eigenvalue weighted by atomic mass is 9.82. The van der Waals surface area contributed by atoms with Crippen LogP contribution < -0.4 is 5.32 Å². The van der Waals surface area contributed by atoms with Gasteiger partial charge in [0, 0.05) is 25.5 Å². The number of amides is 1. The molecular formula is C14H17N3O4. The standard InChI is InChI=1S/C14H17N3O4/c18-13(16-4-1-6-17-7-5-15-8-17)11-9-2-3-10(21-9)12(11)14(19)20/h2-3,5,7-12H,1,4,6H2,(H,16,18)(H,19,20)/t9-,10-,11+,12-/m1/s1. The molecule has 2 aliphatic heterocycles. The minimum absolute atomic E-state index is 0.245. The first kappa shape index (κ1) is 13.8. The van der Waals surface area contributed by atoms with Gasteiger partial charge in [-0.25, -0.2) is 4.98 Å². The van der Waals surface area contributed by atoms with Gasteiger partial charge in [0.25, 0.3) is 0 Å². The van der Waals surface area contributed by atoms with Gasteiger partial charge in [0.2, 0.25) is 5.91 Å². The number of rotatable bonds is 6. The molecule has 3 rings (SSSR count). The quantitative estimate of drug-likeness (QED) is 0.570. The molecule has 0 saturated carbocycles. The number of hydrogen-bond donors (Lipinski definition) is 2. The minimum Gasteiger partial charge on any atom is -0.481 e. The lowest BCUT2D eigenvalue weighted by Crippen LogP contribution is -2.42. The average Bonchev–Trinajstić information content (AvgIpc) is 3.18. The highest BCUT2D eigenvalue weighted by molar-refractivity contribution is 5.87. The van der Waals surface area contributed by atoms with Gasteiger partial charge in [-0.1, -0.05) is 12.2 Å². The van der Waals surface area contributed by atoms with Gasteiger partial charge in [0.15, 0.2) is 0 Å². The summed E-state index contributed by atoms with van der Waals surface area (Å²) in [6.45, 7) is 1.26. The Labute approximate surface area is 121 Å². The first-order valence-corrected chi connectivity index (χ1v) is 6.97. The zero-order chi connectivity index (χ0) is 14.8. The van der Waals surface area contributed by atoms with Crippen molar-refractivity contribution in [2.45, 2.75) is 25.2 Å². The van der Waals surface area contributed by atoms with Crippen LogP contribution in [0.5, 0.6) is 0 Å². The number of aliphatic carboxylic acids is 1. The molecule has 1 saturated heterocycles. The lowest BCUT2D eigenvalue weighted by molar-refractivity contribution is -0.146. The predicted molar refractivity (Wildman–Crippen MR) is 72.3 cm³/mol. The summed E-state index contributed by atoms with van der Waals surface area (Å²) in [4.78, 5) is 27.4. The fourth-order valence-corrected chi connectivity index (χ4v) is 2.93. The smallest absolute Gasteiger partial charge is 0.310 e. The van der Waals surface area contributed by atoms with Crippen molar-refractivity contribution in [3.63, 3.8) is 0 Å². The molecule has 7 heteroatoms. The van der Waals surface area contributed by atoms with E-state index in [0.29, 0.717) is 6.54 Å². The summed E-state index contributed by atoms with van der Waals surface area (Å²) in [7, 11) is 0. The van der Waals surface area contributed by atoms with Crippen LogP contribution in [0.15, 0.2) is 30.9 Å². The zero-order valence-electron chi connectivity index (χ0n) is 11.4. The number of nitrogens with zero attached hydrogens (tertiary/aromatic N) is 2. The van der Waals surface area contributed by atoms with E-state index in [1.54, 1.807) is 24.7 Å². The second-order valence-corrected chi connectivity index (χ2v) is 5.29. The van der Waals surface area contributed by atoms with Crippen molar-refractivity contribution in [2.75, 3.05) is 6.54 Å². The van der Waals surface area contributed by atoms with Crippen molar-refractivity contribution in [3.8, 4) is 0 Å². The molecule has 0 unspecified atom stereocenters. The molecule has 3 heterocycles. The maximum Gasteiger partial charge on any atom is 0.310 e. The molecule has 1 aromatic rings. The highest BCUT2D eigenvalue weighted by Crippen LogP contribution is 2.39. The van der Waals surface area contributed by atoms with Crippen LogP contribution in [0.3, 0.4) is 0 Å². The highest BCUT2D eigenvalue weighted by Gasteiger charge is 2.53. The van der Waals surface area contributed by atoms with E-state index in [4.69, 9.17) is 4.74 Å². The normalized spacial score (nSPS) is 29.7. The number of carboxylic acid groups (broad SMARTS) is 1. The third-order valence-corrected chi connectivity index (χ3v) is 3.94. The third kappa shape index (κ3) is 2.69. The molecule has 0 spiro atoms. The van der Waals surface area contributed by atoms with E-state index in [0.717, 1.165) is 13.0 Å². The zero-order valence-corrected chi connectivity index (χ0v) is 11.4. The Balaban J connectivity index is 1.51. The number of imidazole rings is 1. The second-order valence-electron chi connectivity index (χ2n) is 5.29. The van der Waals surface area contributed by atoms with E-state index < -0.39 is 30.0 Å². The summed E-state index contributed by atoms with van der Waals surface area (Å²) in [5, 5.41) is 12.1. The Kier molecular flexibility index (Phi) is 3.74. The van der Waals surface area contributed by atoms with E-state index >= 15 is 0 Å². The first-order chi connectivity index (χ1) is 10.2. The summed E-state index contributed by atoms with van der Waals surface area (Å²) in [5.74, 6) is -2.64. The number of carbonyl (C=O) groups excluding carboxylic acids is 1. The number of nitrogens with one attached hydrogen (secondary N) is 1. The van der Waals surface area contributed by atoms with Gasteiger partial charge in [-0.3, -0.25) is 9.59 Å². The fraction of sp³-hybridized carbons (Fsp3) is 0.500. The van der Waals surface area contributed by atoms with Crippen molar-refractivity contribution in [1.82, 2.24) is 14.9 Å². The molecule has 1 fully saturated rings. The maximum atomic E-state index is 12.2. The fourth-order valence-electron chi connectivity index (χ4n) is 2.93. The predicted octanol–water partition coefficient (Wildman–Crippen LogP) is 0.0436. The molecule has 0 aromatic carbocycles. The van der Waals surface area contributed by atoms with Crippen LogP contribution in [0.1, 0.15) is 6.42 Å². The molecule has 0 radical (unpaired) electrons. The van der Waals surface area contributed by atoms with E-state index in [9.17, 15) is 14.7 Å². The SMILES string of the molecule is O=C(NCCCn1ccnc1)[C@@H]1[C@H](C(=O)O)[C@H]2C=C[C@H]1O2. The van der Waals surface area contributed by atoms with Gasteiger partial charge in [-0.05, 0) is 6.42 Å². The van der Waals surface area contributed by atoms with E-state index in [1.807, 2.05) is 10.8 Å². The number of fused-ring (bicyclic) bond motifs is 2. The largest absolute Gasteiger partial charge is 0.481 e. The van der Waals surface area contributed by atoms with Gasteiger partial charge in [-0.15, -0.1) is 0 Å². The molecule has 1 amide bonds. The third-order valence-electron chi connectivity index (χ3n) is 3.94. The number of carboxylic acids is 1. The van der Waals surface area contributed by atoms with Crippen LogP contribution in [-0.2, 0) is 20.9 Å². The van der Waals surface area contributed by atoms with Gasteiger partial charge in [0.05, 0.1) is 24.5 Å². The van der Waals surface area contributed by atoms with Crippen LogP contribution in [0.4, 0.5) is 0 Å². The van der Waals surface area contributed by atoms with E-state index in [-0.39, 0.29) is 5.91 Å². The second kappa shape index (κ2) is 5.69. The molecule has 7 nitrogen and oxygen atoms in total. The monoisotopic (exact) mass is 291 g/mol. The Morgan fingerprint density at radius 2 is 2.05 bits per heavy atom. The van der Waals surface area contributed by atoms with E-state index in [1.165, 1.54) is 0 Å². The maximum absolute atomic E-state index is 12.2. The molecule has 112 valence electrons. The van der Waals surface area contributed by atoms with Crippen molar-refractivity contribution < 1.29 is 19.4 Å². The van der Waals surface area contributed by atoms with Crippen LogP contribution in [0.2, 0.25) is 0 Å². The molecule has 21 heavy (non-hydrogen) atoms. The number of aryl methyl sites for hydroxylation is 1. The summed E-state index contributed by atoms with van der Waals surface area (Å²) in [6.07, 6.45) is 8.66. The Hall–Kier alpha value is -2.15. The Morgan fingerprint density at radius 3 is 2.71 bits per heavy atom. The summed E-state index contributed by atoms with van der Waals surface area (Å²) in [6, 6.07) is 0. The van der Waals surface area contributed by atoms with Gasteiger partial charge < -0.3 is 19.7 Å². The minimum atomic E-state index is -0.981. The molecule has 1 aromatic heterocycles. The van der Waals surface area contributed by atoms with E-state index in [2.05, 4.69) is 10.3 Å². The van der Waals surface area contributed by atoms with Crippen LogP contribution in [0.25, 0.3) is 0 Å². The first-order valence-electron chi connectivity index (χ1n) is 6.97. The molecule has 2 aliphatic rings. The van der Waals surface area contributed by atoms with Gasteiger partial charge in [0.1, 0.15) is 5.92 Å². The molecular weight excluding hydrogens is 274 g/mol. The van der Waals surface area contributed by atoms with Gasteiger partial charge >= 0.3 is 5.97 Å². The summed E-state index contributed by atoms with van der Waals surface area (Å²) < 4.78 is 7.41. The van der Waals surface area contributed by atoms with Crippen molar-refractivity contribution in [1.29, 1.82) is 0 Å². The molecule has 2 bridgehead atoms. The van der Waals surface area contributed by atoms with Crippen molar-refractivity contribution in [2.24, 2.45) is 11.8 Å². The van der Waals surface area contributed by atoms with Gasteiger partial charge in [-0.2, -0.15) is 0 Å². The summed E-state index contributed by atoms with van der Waals surface area (Å²) >= 11 is 0. The number of aromatic nitrogens is 2. The van der Waals surface area contributed by atoms with Crippen molar-refractivity contribution in [3.05, 3.63) is 30.9 Å². The average molecular weight is 291 g/mol. The molecule has 4 atom stereocenters. The summed E-state index contributed by atoms with van der Waals surface area (Å²) in [5.41, 5.74) is 0. The van der Waals surface area contributed by atoms with Crippen LogP contribution in [-0.4, -0.2) is 45.3 Å². The highest BCUT2D eigenvalue weighted by atomic mass is 16.5. The van der Waals surface area contributed by atoms with Crippen molar-refractivity contribution >= 4 is 11.9 Å². The number of ether oxygens (including phenoxy) is 1. The topological polar surface area (TPSA) is 93.5 Å². The Bertz CT molecular complexity index is 555. The number of hydrogen-bond acceptors (Lipinski definition) is 4. The Morgan fingerprint density at radius 1 is 1.29 bits per heavy atom. The van der Waals surface area contributed by atoms with Crippen LogP contribution in [0, 0.1) is 11.8 Å². The molecule has 2 N–H and O–H groups in total. The molecule has 0 aliphatic carbocycles. The number of carbonyl (C=O) groups is 2. The lowest BCUT2D eigenvalue weighted by Gasteiger charge is -2.20. The van der Waals surface area contributed by atoms with Crippen LogP contribution >= 0.6 is 0 Å².